The number of nitrogens with zero attached hydrogens (tertiary/aromatic N) is 1. The molecule has 0 spiro atoms. The lowest BCUT2D eigenvalue weighted by molar-refractivity contribution is -0.123. The number of para-hydroxylation sites is 1. The van der Waals surface area contributed by atoms with E-state index in [-0.39, 0.29) is 5.91 Å². The minimum atomic E-state index is -0.745. The summed E-state index contributed by atoms with van der Waals surface area (Å²) in [6, 6.07) is 26.8. The second kappa shape index (κ2) is 9.26. The lowest BCUT2D eigenvalue weighted by Gasteiger charge is -2.29. The highest BCUT2D eigenvalue weighted by molar-refractivity contribution is 5.95. The van der Waals surface area contributed by atoms with E-state index in [0.717, 1.165) is 43.2 Å². The van der Waals surface area contributed by atoms with Crippen LogP contribution in [0.15, 0.2) is 84.9 Å². The Labute approximate surface area is 170 Å². The van der Waals surface area contributed by atoms with Gasteiger partial charge in [-0.25, -0.2) is 0 Å². The largest absolute Gasteiger partial charge is 0.476 e. The molecule has 3 aromatic carbocycles. The molecule has 0 bridgehead atoms. The van der Waals surface area contributed by atoms with Crippen molar-refractivity contribution >= 4 is 17.3 Å². The number of hydrogen-bond acceptors (Lipinski definition) is 4. The molecule has 0 aromatic heterocycles. The number of ether oxygens (including phenoxy) is 2. The van der Waals surface area contributed by atoms with E-state index in [1.54, 1.807) is 0 Å². The fraction of sp³-hybridized carbons (Fsp3) is 0.208. The van der Waals surface area contributed by atoms with Crippen molar-refractivity contribution in [3.63, 3.8) is 0 Å². The Kier molecular flexibility index (Phi) is 6.07. The predicted molar refractivity (Wildman–Crippen MR) is 114 cm³/mol. The number of anilines is 2. The van der Waals surface area contributed by atoms with Gasteiger partial charge in [0.1, 0.15) is 5.75 Å². The van der Waals surface area contributed by atoms with Crippen LogP contribution in [0.2, 0.25) is 0 Å². The molecule has 1 amide bonds. The van der Waals surface area contributed by atoms with E-state index < -0.39 is 6.10 Å². The number of morpholine rings is 1. The molecular weight excluding hydrogens is 364 g/mol. The highest BCUT2D eigenvalue weighted by atomic mass is 16.5. The Balaban J connectivity index is 1.53. The van der Waals surface area contributed by atoms with Gasteiger partial charge in [-0.2, -0.15) is 0 Å². The fourth-order valence-electron chi connectivity index (χ4n) is 3.35. The summed E-state index contributed by atoms with van der Waals surface area (Å²) in [7, 11) is 0. The Morgan fingerprint density at radius 3 is 2.31 bits per heavy atom. The van der Waals surface area contributed by atoms with Crippen LogP contribution in [0, 0.1) is 0 Å². The van der Waals surface area contributed by atoms with Gasteiger partial charge in [-0.1, -0.05) is 54.6 Å². The summed E-state index contributed by atoms with van der Waals surface area (Å²) < 4.78 is 11.5. The minimum absolute atomic E-state index is 0.209. The first-order valence-electron chi connectivity index (χ1n) is 9.80. The number of rotatable bonds is 6. The first-order valence-corrected chi connectivity index (χ1v) is 9.80. The molecule has 1 aliphatic rings. The molecule has 0 radical (unpaired) electrons. The summed E-state index contributed by atoms with van der Waals surface area (Å²) in [5.74, 6) is 0.442. The van der Waals surface area contributed by atoms with Crippen LogP contribution < -0.4 is 15.0 Å². The molecule has 1 saturated heterocycles. The van der Waals surface area contributed by atoms with Crippen LogP contribution in [0.3, 0.4) is 0 Å². The Hall–Kier alpha value is -3.31. The first kappa shape index (κ1) is 19.0. The summed E-state index contributed by atoms with van der Waals surface area (Å²) in [6.45, 7) is 3.14. The monoisotopic (exact) mass is 388 g/mol. The Bertz CT molecular complexity index is 925. The van der Waals surface area contributed by atoms with Gasteiger partial charge >= 0.3 is 0 Å². The molecule has 5 heteroatoms. The molecule has 1 fully saturated rings. The SMILES string of the molecule is O=C(Nc1cccc(N2CCOCC2)c1)C(Oc1ccccc1)c1ccccc1. The summed E-state index contributed by atoms with van der Waals surface area (Å²) in [5.41, 5.74) is 2.63. The molecule has 5 nitrogen and oxygen atoms in total. The molecule has 0 aliphatic carbocycles. The van der Waals surface area contributed by atoms with Crippen molar-refractivity contribution in [1.29, 1.82) is 0 Å². The van der Waals surface area contributed by atoms with Crippen molar-refractivity contribution in [2.24, 2.45) is 0 Å². The van der Waals surface area contributed by atoms with Crippen LogP contribution in [0.4, 0.5) is 11.4 Å². The molecule has 148 valence electrons. The van der Waals surface area contributed by atoms with Crippen molar-refractivity contribution in [1.82, 2.24) is 0 Å². The standard InChI is InChI=1S/C24H24N2O3/c27-24(25-20-10-7-11-21(18-20)26-14-16-28-17-15-26)23(19-8-3-1-4-9-19)29-22-12-5-2-6-13-22/h1-13,18,23H,14-17H2,(H,25,27). The lowest BCUT2D eigenvalue weighted by atomic mass is 10.1. The van der Waals surface area contributed by atoms with E-state index in [9.17, 15) is 4.79 Å². The van der Waals surface area contributed by atoms with E-state index in [4.69, 9.17) is 9.47 Å². The van der Waals surface area contributed by atoms with Crippen LogP contribution >= 0.6 is 0 Å². The zero-order chi connectivity index (χ0) is 19.9. The zero-order valence-corrected chi connectivity index (χ0v) is 16.2. The van der Waals surface area contributed by atoms with Crippen molar-refractivity contribution in [3.05, 3.63) is 90.5 Å². The van der Waals surface area contributed by atoms with E-state index in [0.29, 0.717) is 5.75 Å². The summed E-state index contributed by atoms with van der Waals surface area (Å²) in [6.07, 6.45) is -0.745. The van der Waals surface area contributed by atoms with Gasteiger partial charge in [-0.3, -0.25) is 4.79 Å². The normalized spacial score (nSPS) is 14.8. The molecule has 3 aromatic rings. The molecule has 1 heterocycles. The maximum atomic E-state index is 13.1. The van der Waals surface area contributed by atoms with Crippen molar-refractivity contribution in [2.75, 3.05) is 36.5 Å². The van der Waals surface area contributed by atoms with E-state index >= 15 is 0 Å². The minimum Gasteiger partial charge on any atom is -0.476 e. The predicted octanol–water partition coefficient (Wildman–Crippen LogP) is 4.28. The quantitative estimate of drug-likeness (QED) is 0.685. The Morgan fingerprint density at radius 1 is 0.897 bits per heavy atom. The summed E-state index contributed by atoms with van der Waals surface area (Å²) in [4.78, 5) is 15.4. The van der Waals surface area contributed by atoms with Gasteiger partial charge in [-0.05, 0) is 30.3 Å². The summed E-state index contributed by atoms with van der Waals surface area (Å²) in [5, 5.41) is 3.02. The van der Waals surface area contributed by atoms with Gasteiger partial charge < -0.3 is 19.7 Å². The molecule has 29 heavy (non-hydrogen) atoms. The molecular formula is C24H24N2O3. The van der Waals surface area contributed by atoms with Crippen LogP contribution in [0.5, 0.6) is 5.75 Å². The number of carbonyl (C=O) groups excluding carboxylic acids is 1. The van der Waals surface area contributed by atoms with Gasteiger partial charge in [0.05, 0.1) is 13.2 Å². The topological polar surface area (TPSA) is 50.8 Å². The summed E-state index contributed by atoms with van der Waals surface area (Å²) >= 11 is 0. The highest BCUT2D eigenvalue weighted by Gasteiger charge is 2.23. The van der Waals surface area contributed by atoms with Crippen LogP contribution in [0.25, 0.3) is 0 Å². The zero-order valence-electron chi connectivity index (χ0n) is 16.2. The van der Waals surface area contributed by atoms with E-state index in [2.05, 4.69) is 16.3 Å². The average Bonchev–Trinajstić information content (AvgIpc) is 2.79. The number of nitrogens with one attached hydrogen (secondary N) is 1. The number of carbonyl (C=O) groups is 1. The van der Waals surface area contributed by atoms with E-state index in [1.807, 2.05) is 78.9 Å². The smallest absolute Gasteiger partial charge is 0.270 e. The van der Waals surface area contributed by atoms with Crippen LogP contribution in [-0.4, -0.2) is 32.2 Å². The molecule has 4 rings (SSSR count). The fourth-order valence-corrected chi connectivity index (χ4v) is 3.35. The molecule has 1 N–H and O–H groups in total. The molecule has 1 aliphatic heterocycles. The number of benzene rings is 3. The van der Waals surface area contributed by atoms with Crippen molar-refractivity contribution < 1.29 is 14.3 Å². The lowest BCUT2D eigenvalue weighted by Crippen LogP contribution is -2.36. The van der Waals surface area contributed by atoms with E-state index in [1.165, 1.54) is 0 Å². The molecule has 0 saturated carbocycles. The molecule has 1 atom stereocenters. The van der Waals surface area contributed by atoms with Gasteiger partial charge in [0.25, 0.3) is 5.91 Å². The highest BCUT2D eigenvalue weighted by Crippen LogP contribution is 2.25. The first-order chi connectivity index (χ1) is 14.3. The van der Waals surface area contributed by atoms with Crippen LogP contribution in [0.1, 0.15) is 11.7 Å². The van der Waals surface area contributed by atoms with Crippen molar-refractivity contribution in [3.8, 4) is 5.75 Å². The van der Waals surface area contributed by atoms with Crippen LogP contribution in [-0.2, 0) is 9.53 Å². The maximum Gasteiger partial charge on any atom is 0.270 e. The van der Waals surface area contributed by atoms with Gasteiger partial charge in [0.2, 0.25) is 6.10 Å². The third-order valence-electron chi connectivity index (χ3n) is 4.83. The van der Waals surface area contributed by atoms with Gasteiger partial charge in [0.15, 0.2) is 0 Å². The second-order valence-corrected chi connectivity index (χ2v) is 6.86. The number of amides is 1. The maximum absolute atomic E-state index is 13.1. The van der Waals surface area contributed by atoms with Crippen molar-refractivity contribution in [2.45, 2.75) is 6.10 Å². The van der Waals surface area contributed by atoms with Gasteiger partial charge in [0, 0.05) is 30.0 Å². The van der Waals surface area contributed by atoms with Gasteiger partial charge in [-0.15, -0.1) is 0 Å². The second-order valence-electron chi connectivity index (χ2n) is 6.86. The third kappa shape index (κ3) is 4.95. The molecule has 1 unspecified atom stereocenters. The Morgan fingerprint density at radius 2 is 1.59 bits per heavy atom. The third-order valence-corrected chi connectivity index (χ3v) is 4.83. The average molecular weight is 388 g/mol. The number of hydrogen-bond donors (Lipinski definition) is 1.